The summed E-state index contributed by atoms with van der Waals surface area (Å²) >= 11 is 0. The maximum Gasteiger partial charge on any atom is 0.321 e. The highest BCUT2D eigenvalue weighted by Gasteiger charge is 2.28. The zero-order chi connectivity index (χ0) is 27.6. The van der Waals surface area contributed by atoms with E-state index in [0.717, 1.165) is 13.1 Å². The molecule has 0 saturated carbocycles. The quantitative estimate of drug-likeness (QED) is 0.377. The van der Waals surface area contributed by atoms with Gasteiger partial charge in [-0.15, -0.1) is 0 Å². The van der Waals surface area contributed by atoms with Crippen molar-refractivity contribution in [2.24, 2.45) is 5.92 Å². The Bertz CT molecular complexity index is 1150. The minimum Gasteiger partial charge on any atom is -0.497 e. The second-order valence-corrected chi connectivity index (χ2v) is 10.4. The number of benzene rings is 3. The largest absolute Gasteiger partial charge is 0.497 e. The Morgan fingerprint density at radius 3 is 2.05 bits per heavy atom. The van der Waals surface area contributed by atoms with E-state index < -0.39 is 0 Å². The van der Waals surface area contributed by atoms with E-state index >= 15 is 0 Å². The van der Waals surface area contributed by atoms with Crippen molar-refractivity contribution in [1.82, 2.24) is 14.7 Å². The predicted molar refractivity (Wildman–Crippen MR) is 156 cm³/mol. The molecule has 7 nitrogen and oxygen atoms in total. The number of carbonyl (C=O) groups is 2. The molecular formula is C32H40N4O3. The van der Waals surface area contributed by atoms with Crippen molar-refractivity contribution in [1.29, 1.82) is 0 Å². The van der Waals surface area contributed by atoms with E-state index in [1.807, 2.05) is 35.2 Å². The van der Waals surface area contributed by atoms with Crippen molar-refractivity contribution in [3.63, 3.8) is 0 Å². The number of nitrogens with zero attached hydrogens (tertiary/aromatic N) is 3. The molecule has 1 N–H and O–H groups in total. The van der Waals surface area contributed by atoms with Crippen LogP contribution in [0.2, 0.25) is 0 Å². The van der Waals surface area contributed by atoms with Crippen molar-refractivity contribution < 1.29 is 14.3 Å². The summed E-state index contributed by atoms with van der Waals surface area (Å²) in [5, 5.41) is 2.95. The van der Waals surface area contributed by atoms with Crippen molar-refractivity contribution in [3.05, 3.63) is 96.1 Å². The maximum atomic E-state index is 13.2. The molecule has 0 bridgehead atoms. The fraction of sp³-hybridized carbons (Fsp3) is 0.375. The van der Waals surface area contributed by atoms with Gasteiger partial charge in [-0.05, 0) is 29.2 Å². The topological polar surface area (TPSA) is 65.1 Å². The van der Waals surface area contributed by atoms with Gasteiger partial charge in [0.2, 0.25) is 5.91 Å². The third-order valence-corrected chi connectivity index (χ3v) is 7.05. The zero-order valence-corrected chi connectivity index (χ0v) is 23.3. The third kappa shape index (κ3) is 7.83. The van der Waals surface area contributed by atoms with Crippen LogP contribution in [0.5, 0.6) is 5.75 Å². The first-order valence-electron chi connectivity index (χ1n) is 13.8. The van der Waals surface area contributed by atoms with Crippen LogP contribution in [0.4, 0.5) is 10.5 Å². The summed E-state index contributed by atoms with van der Waals surface area (Å²) in [7, 11) is 1.60. The molecule has 0 aliphatic carbocycles. The number of methoxy groups -OCH3 is 1. The molecule has 1 fully saturated rings. The van der Waals surface area contributed by atoms with E-state index in [0.29, 0.717) is 44.0 Å². The highest BCUT2D eigenvalue weighted by Crippen LogP contribution is 2.29. The Morgan fingerprint density at radius 2 is 1.49 bits per heavy atom. The van der Waals surface area contributed by atoms with Gasteiger partial charge in [0, 0.05) is 57.4 Å². The van der Waals surface area contributed by atoms with Crippen LogP contribution in [0.3, 0.4) is 0 Å². The Hall–Kier alpha value is -3.84. The number of carbonyl (C=O) groups excluding carboxylic acids is 2. The lowest BCUT2D eigenvalue weighted by Crippen LogP contribution is -2.50. The standard InChI is InChI=1S/C32H40N4O3/c1-25(2)24-36(32(38)33-28-15-10-16-29(23-28)39-3)18-17-30(37)34-19-21-35(22-20-34)31(26-11-6-4-7-12-26)27-13-8-5-9-14-27/h4-16,23,25,31H,17-22,24H2,1-3H3,(H,33,38). The van der Waals surface area contributed by atoms with Gasteiger partial charge in [0.1, 0.15) is 5.75 Å². The molecule has 206 valence electrons. The van der Waals surface area contributed by atoms with Gasteiger partial charge in [-0.25, -0.2) is 4.79 Å². The van der Waals surface area contributed by atoms with Crippen LogP contribution < -0.4 is 10.1 Å². The number of rotatable bonds is 10. The van der Waals surface area contributed by atoms with Crippen LogP contribution >= 0.6 is 0 Å². The molecule has 1 saturated heterocycles. The monoisotopic (exact) mass is 528 g/mol. The first-order chi connectivity index (χ1) is 18.9. The lowest BCUT2D eigenvalue weighted by Gasteiger charge is -2.40. The van der Waals surface area contributed by atoms with Crippen molar-refractivity contribution >= 4 is 17.6 Å². The SMILES string of the molecule is COc1cccc(NC(=O)N(CCC(=O)N2CCN(C(c3ccccc3)c3ccccc3)CC2)CC(C)C)c1. The molecule has 3 aromatic carbocycles. The molecule has 3 amide bonds. The van der Waals surface area contributed by atoms with Gasteiger partial charge in [-0.2, -0.15) is 0 Å². The summed E-state index contributed by atoms with van der Waals surface area (Å²) in [6.07, 6.45) is 0.305. The van der Waals surface area contributed by atoms with Crippen molar-refractivity contribution in [3.8, 4) is 5.75 Å². The molecule has 0 unspecified atom stereocenters. The van der Waals surface area contributed by atoms with Crippen molar-refractivity contribution in [2.45, 2.75) is 26.3 Å². The van der Waals surface area contributed by atoms with E-state index in [-0.39, 0.29) is 23.9 Å². The minimum atomic E-state index is -0.205. The second-order valence-electron chi connectivity index (χ2n) is 10.4. The van der Waals surface area contributed by atoms with Crippen LogP contribution in [-0.4, -0.2) is 73.0 Å². The van der Waals surface area contributed by atoms with Crippen LogP contribution in [0.25, 0.3) is 0 Å². The molecule has 1 heterocycles. The number of ether oxygens (including phenoxy) is 1. The molecule has 0 atom stereocenters. The Balaban J connectivity index is 1.34. The number of hydrogen-bond donors (Lipinski definition) is 1. The molecular weight excluding hydrogens is 488 g/mol. The number of piperazine rings is 1. The highest BCUT2D eigenvalue weighted by molar-refractivity contribution is 5.90. The van der Waals surface area contributed by atoms with Gasteiger partial charge >= 0.3 is 6.03 Å². The average Bonchev–Trinajstić information content (AvgIpc) is 2.96. The normalized spacial score (nSPS) is 13.9. The molecule has 0 aromatic heterocycles. The molecule has 0 spiro atoms. The zero-order valence-electron chi connectivity index (χ0n) is 23.3. The number of urea groups is 1. The van der Waals surface area contributed by atoms with E-state index in [1.54, 1.807) is 18.1 Å². The Labute approximate surface area is 232 Å². The first kappa shape index (κ1) is 28.2. The Morgan fingerprint density at radius 1 is 0.872 bits per heavy atom. The molecule has 1 aliphatic rings. The van der Waals surface area contributed by atoms with Gasteiger partial charge < -0.3 is 19.9 Å². The molecule has 0 radical (unpaired) electrons. The van der Waals surface area contributed by atoms with Gasteiger partial charge in [0.15, 0.2) is 0 Å². The van der Waals surface area contributed by atoms with E-state index in [4.69, 9.17) is 4.74 Å². The lowest BCUT2D eigenvalue weighted by atomic mass is 9.96. The van der Waals surface area contributed by atoms with Gasteiger partial charge in [-0.3, -0.25) is 9.69 Å². The van der Waals surface area contributed by atoms with E-state index in [9.17, 15) is 9.59 Å². The minimum absolute atomic E-state index is 0.0913. The predicted octanol–water partition coefficient (Wildman–Crippen LogP) is 5.51. The number of nitrogens with one attached hydrogen (secondary N) is 1. The van der Waals surface area contributed by atoms with Gasteiger partial charge in [0.25, 0.3) is 0 Å². The second kappa shape index (κ2) is 13.8. The molecule has 1 aliphatic heterocycles. The molecule has 39 heavy (non-hydrogen) atoms. The van der Waals surface area contributed by atoms with Crippen LogP contribution in [-0.2, 0) is 4.79 Å². The van der Waals surface area contributed by atoms with E-state index in [2.05, 4.69) is 72.6 Å². The smallest absolute Gasteiger partial charge is 0.321 e. The van der Waals surface area contributed by atoms with Crippen LogP contribution in [0.1, 0.15) is 37.4 Å². The summed E-state index contributed by atoms with van der Waals surface area (Å²) in [6.45, 7) is 8.05. The highest BCUT2D eigenvalue weighted by atomic mass is 16.5. The van der Waals surface area contributed by atoms with Gasteiger partial charge in [-0.1, -0.05) is 80.6 Å². The summed E-state index contributed by atoms with van der Waals surface area (Å²) in [4.78, 5) is 32.4. The summed E-state index contributed by atoms with van der Waals surface area (Å²) in [6, 6.07) is 28.4. The molecule has 3 aromatic rings. The fourth-order valence-corrected chi connectivity index (χ4v) is 5.12. The average molecular weight is 529 g/mol. The van der Waals surface area contributed by atoms with E-state index in [1.165, 1.54) is 11.1 Å². The Kier molecular flexibility index (Phi) is 9.97. The molecule has 7 heteroatoms. The number of hydrogen-bond acceptors (Lipinski definition) is 4. The number of amides is 3. The van der Waals surface area contributed by atoms with Crippen molar-refractivity contribution in [2.75, 3.05) is 51.7 Å². The maximum absolute atomic E-state index is 13.2. The van der Waals surface area contributed by atoms with Crippen LogP contribution in [0.15, 0.2) is 84.9 Å². The summed E-state index contributed by atoms with van der Waals surface area (Å²) < 4.78 is 5.26. The summed E-state index contributed by atoms with van der Waals surface area (Å²) in [5.74, 6) is 1.06. The fourth-order valence-electron chi connectivity index (χ4n) is 5.12. The third-order valence-electron chi connectivity index (χ3n) is 7.05. The summed E-state index contributed by atoms with van der Waals surface area (Å²) in [5.41, 5.74) is 3.19. The number of anilines is 1. The van der Waals surface area contributed by atoms with Gasteiger partial charge in [0.05, 0.1) is 13.2 Å². The first-order valence-corrected chi connectivity index (χ1v) is 13.8. The lowest BCUT2D eigenvalue weighted by molar-refractivity contribution is -0.133. The molecule has 4 rings (SSSR count). The van der Waals surface area contributed by atoms with Crippen LogP contribution in [0, 0.1) is 5.92 Å².